The molecule has 2 aromatic rings. The number of benzene rings is 1. The zero-order chi connectivity index (χ0) is 17.9. The number of anilines is 1. The fourth-order valence-electron chi connectivity index (χ4n) is 2.25. The SMILES string of the molecule is CCOC(=O)c1sc(NC(=O)c2ccc(C(C)(C)C)cc2)cc1C. The molecular weight excluding hydrogens is 322 g/mol. The maximum atomic E-state index is 12.4. The maximum absolute atomic E-state index is 12.4. The summed E-state index contributed by atoms with van der Waals surface area (Å²) in [4.78, 5) is 24.7. The van der Waals surface area contributed by atoms with Gasteiger partial charge in [-0.15, -0.1) is 11.3 Å². The highest BCUT2D eigenvalue weighted by atomic mass is 32.1. The predicted molar refractivity (Wildman–Crippen MR) is 98.1 cm³/mol. The van der Waals surface area contributed by atoms with Crippen LogP contribution in [0.1, 0.15) is 58.9 Å². The van der Waals surface area contributed by atoms with Gasteiger partial charge in [-0.2, -0.15) is 0 Å². The number of carbonyl (C=O) groups excluding carboxylic acids is 2. The van der Waals surface area contributed by atoms with Gasteiger partial charge in [0.05, 0.1) is 11.6 Å². The molecular formula is C19H23NO3S. The van der Waals surface area contributed by atoms with Crippen LogP contribution < -0.4 is 5.32 Å². The summed E-state index contributed by atoms with van der Waals surface area (Å²) in [5, 5.41) is 3.49. The van der Waals surface area contributed by atoms with Crippen molar-refractivity contribution in [2.45, 2.75) is 40.0 Å². The van der Waals surface area contributed by atoms with Gasteiger partial charge >= 0.3 is 5.97 Å². The lowest BCUT2D eigenvalue weighted by Gasteiger charge is -2.19. The summed E-state index contributed by atoms with van der Waals surface area (Å²) in [6.07, 6.45) is 0. The Morgan fingerprint density at radius 2 is 1.79 bits per heavy atom. The van der Waals surface area contributed by atoms with Crippen LogP contribution in [0, 0.1) is 6.92 Å². The lowest BCUT2D eigenvalue weighted by Crippen LogP contribution is -2.13. The van der Waals surface area contributed by atoms with Crippen LogP contribution in [0.5, 0.6) is 0 Å². The van der Waals surface area contributed by atoms with E-state index in [0.717, 1.165) is 5.56 Å². The van der Waals surface area contributed by atoms with E-state index in [1.54, 1.807) is 13.0 Å². The van der Waals surface area contributed by atoms with Gasteiger partial charge in [-0.3, -0.25) is 4.79 Å². The average Bonchev–Trinajstić information content (AvgIpc) is 2.87. The average molecular weight is 345 g/mol. The Kier molecular flexibility index (Phi) is 5.44. The molecule has 1 aromatic heterocycles. The Balaban J connectivity index is 2.12. The van der Waals surface area contributed by atoms with Crippen LogP contribution in [0.2, 0.25) is 0 Å². The normalized spacial score (nSPS) is 11.2. The van der Waals surface area contributed by atoms with Crippen LogP contribution in [0.15, 0.2) is 30.3 Å². The highest BCUT2D eigenvalue weighted by Gasteiger charge is 2.17. The summed E-state index contributed by atoms with van der Waals surface area (Å²) >= 11 is 1.23. The molecule has 5 heteroatoms. The highest BCUT2D eigenvalue weighted by molar-refractivity contribution is 7.18. The standard InChI is InChI=1S/C19H23NO3S/c1-6-23-18(22)16-12(2)11-15(24-16)20-17(21)13-7-9-14(10-8-13)19(3,4)5/h7-11H,6H2,1-5H3,(H,20,21). The molecule has 0 aliphatic heterocycles. The van der Waals surface area contributed by atoms with Gasteiger partial charge in [-0.25, -0.2) is 4.79 Å². The third-order valence-corrected chi connectivity index (χ3v) is 4.76. The molecule has 1 amide bonds. The number of rotatable bonds is 4. The first-order valence-electron chi connectivity index (χ1n) is 7.92. The van der Waals surface area contributed by atoms with Crippen LogP contribution in [-0.4, -0.2) is 18.5 Å². The van der Waals surface area contributed by atoms with Crippen molar-refractivity contribution in [3.63, 3.8) is 0 Å². The molecule has 24 heavy (non-hydrogen) atoms. The van der Waals surface area contributed by atoms with E-state index >= 15 is 0 Å². The van der Waals surface area contributed by atoms with Gasteiger partial charge in [-0.1, -0.05) is 32.9 Å². The second-order valence-corrected chi connectivity index (χ2v) is 7.68. The number of nitrogens with one attached hydrogen (secondary N) is 1. The van der Waals surface area contributed by atoms with Gasteiger partial charge in [0.1, 0.15) is 4.88 Å². The van der Waals surface area contributed by atoms with Crippen molar-refractivity contribution < 1.29 is 14.3 Å². The van der Waals surface area contributed by atoms with Gasteiger partial charge in [0.25, 0.3) is 5.91 Å². The van der Waals surface area contributed by atoms with E-state index in [4.69, 9.17) is 4.74 Å². The minimum Gasteiger partial charge on any atom is -0.462 e. The second-order valence-electron chi connectivity index (χ2n) is 6.62. The summed E-state index contributed by atoms with van der Waals surface area (Å²) in [6, 6.07) is 9.38. The number of ether oxygens (including phenoxy) is 1. The summed E-state index contributed by atoms with van der Waals surface area (Å²) in [6.45, 7) is 10.3. The van der Waals surface area contributed by atoms with Crippen molar-refractivity contribution in [3.8, 4) is 0 Å². The van der Waals surface area contributed by atoms with E-state index in [1.807, 2.05) is 31.2 Å². The van der Waals surface area contributed by atoms with Crippen LogP contribution in [0.4, 0.5) is 5.00 Å². The second kappa shape index (κ2) is 7.18. The Hall–Kier alpha value is -2.14. The molecule has 0 spiro atoms. The number of hydrogen-bond acceptors (Lipinski definition) is 4. The molecule has 4 nitrogen and oxygen atoms in total. The molecule has 128 valence electrons. The first-order chi connectivity index (χ1) is 11.2. The number of amides is 1. The number of carbonyl (C=O) groups is 2. The van der Waals surface area contributed by atoms with Crippen molar-refractivity contribution in [1.29, 1.82) is 0 Å². The topological polar surface area (TPSA) is 55.4 Å². The predicted octanol–water partition coefficient (Wildman–Crippen LogP) is 4.78. The molecule has 0 fully saturated rings. The van der Waals surface area contributed by atoms with Gasteiger partial charge in [0.15, 0.2) is 0 Å². The third kappa shape index (κ3) is 4.23. The molecule has 1 heterocycles. The van der Waals surface area contributed by atoms with Gasteiger partial charge in [0.2, 0.25) is 0 Å². The fourth-order valence-corrected chi connectivity index (χ4v) is 3.21. The summed E-state index contributed by atoms with van der Waals surface area (Å²) in [5.74, 6) is -0.540. The minimum atomic E-state index is -0.352. The first kappa shape index (κ1) is 18.2. The highest BCUT2D eigenvalue weighted by Crippen LogP contribution is 2.28. The first-order valence-corrected chi connectivity index (χ1v) is 8.73. The number of esters is 1. The van der Waals surface area contributed by atoms with Crippen LogP contribution >= 0.6 is 11.3 Å². The van der Waals surface area contributed by atoms with Gasteiger partial charge < -0.3 is 10.1 Å². The summed E-state index contributed by atoms with van der Waals surface area (Å²) in [5.41, 5.74) is 2.62. The Morgan fingerprint density at radius 1 is 1.17 bits per heavy atom. The fraction of sp³-hybridized carbons (Fsp3) is 0.368. The zero-order valence-corrected chi connectivity index (χ0v) is 15.5. The van der Waals surface area contributed by atoms with E-state index in [0.29, 0.717) is 22.0 Å². The summed E-state index contributed by atoms with van der Waals surface area (Å²) < 4.78 is 5.02. The lowest BCUT2D eigenvalue weighted by molar-refractivity contribution is 0.0531. The monoisotopic (exact) mass is 345 g/mol. The van der Waals surface area contributed by atoms with E-state index in [2.05, 4.69) is 26.1 Å². The molecule has 1 aromatic carbocycles. The van der Waals surface area contributed by atoms with Crippen molar-refractivity contribution in [1.82, 2.24) is 0 Å². The van der Waals surface area contributed by atoms with E-state index in [1.165, 1.54) is 16.9 Å². The minimum absolute atomic E-state index is 0.0500. The number of aryl methyl sites for hydroxylation is 1. The Labute approximate surface area is 146 Å². The van der Waals surface area contributed by atoms with E-state index in [-0.39, 0.29) is 17.3 Å². The number of hydrogen-bond donors (Lipinski definition) is 1. The van der Waals surface area contributed by atoms with E-state index in [9.17, 15) is 9.59 Å². The summed E-state index contributed by atoms with van der Waals surface area (Å²) in [7, 11) is 0. The quantitative estimate of drug-likeness (QED) is 0.811. The number of thiophene rings is 1. The molecule has 0 bridgehead atoms. The van der Waals surface area contributed by atoms with Crippen LogP contribution in [0.25, 0.3) is 0 Å². The van der Waals surface area contributed by atoms with Crippen molar-refractivity contribution >= 4 is 28.2 Å². The van der Waals surface area contributed by atoms with Gasteiger partial charge in [0, 0.05) is 5.56 Å². The molecule has 0 atom stereocenters. The molecule has 0 radical (unpaired) electrons. The van der Waals surface area contributed by atoms with Crippen molar-refractivity contribution in [2.24, 2.45) is 0 Å². The maximum Gasteiger partial charge on any atom is 0.348 e. The van der Waals surface area contributed by atoms with Crippen LogP contribution in [0.3, 0.4) is 0 Å². The van der Waals surface area contributed by atoms with Crippen molar-refractivity contribution in [2.75, 3.05) is 11.9 Å². The van der Waals surface area contributed by atoms with Crippen molar-refractivity contribution in [3.05, 3.63) is 51.9 Å². The largest absolute Gasteiger partial charge is 0.462 e. The molecule has 0 aliphatic rings. The van der Waals surface area contributed by atoms with Gasteiger partial charge in [-0.05, 0) is 48.6 Å². The molecule has 0 saturated heterocycles. The Morgan fingerprint density at radius 3 is 2.33 bits per heavy atom. The lowest BCUT2D eigenvalue weighted by atomic mass is 9.87. The molecule has 0 unspecified atom stereocenters. The zero-order valence-electron chi connectivity index (χ0n) is 14.7. The molecule has 2 rings (SSSR count). The molecule has 0 aliphatic carbocycles. The Bertz CT molecular complexity index is 739. The molecule has 0 saturated carbocycles. The smallest absolute Gasteiger partial charge is 0.348 e. The van der Waals surface area contributed by atoms with Crippen LogP contribution in [-0.2, 0) is 10.2 Å². The van der Waals surface area contributed by atoms with E-state index < -0.39 is 0 Å². The third-order valence-electron chi connectivity index (χ3n) is 3.63. The molecule has 1 N–H and O–H groups in total.